The molecule has 0 aromatic heterocycles. The first-order valence-electron chi connectivity index (χ1n) is 9.85. The number of fused-ring (bicyclic) bond motifs is 3. The first kappa shape index (κ1) is 21.8. The van der Waals surface area contributed by atoms with E-state index in [0.29, 0.717) is 17.8 Å². The van der Waals surface area contributed by atoms with E-state index in [1.807, 2.05) is 6.92 Å². The molecule has 0 radical (unpaired) electrons. The van der Waals surface area contributed by atoms with Crippen molar-refractivity contribution in [1.82, 2.24) is 0 Å². The van der Waals surface area contributed by atoms with E-state index in [0.717, 1.165) is 0 Å². The van der Waals surface area contributed by atoms with Crippen molar-refractivity contribution in [3.63, 3.8) is 0 Å². The molecule has 2 saturated heterocycles. The molecule has 0 aromatic carbocycles. The van der Waals surface area contributed by atoms with Gasteiger partial charge in [0.1, 0.15) is 11.9 Å². The summed E-state index contributed by atoms with van der Waals surface area (Å²) in [7, 11) is 0. The third-order valence-electron chi connectivity index (χ3n) is 5.97. The predicted molar refractivity (Wildman–Crippen MR) is 104 cm³/mol. The third kappa shape index (κ3) is 3.55. The van der Waals surface area contributed by atoms with Gasteiger partial charge in [0.2, 0.25) is 11.4 Å². The highest BCUT2D eigenvalue weighted by Crippen LogP contribution is 2.45. The van der Waals surface area contributed by atoms with E-state index in [9.17, 15) is 19.2 Å². The summed E-state index contributed by atoms with van der Waals surface area (Å²) in [6.07, 6.45) is 0.0595. The summed E-state index contributed by atoms with van der Waals surface area (Å²) >= 11 is 0. The second-order valence-corrected chi connectivity index (χ2v) is 8.12. The maximum absolute atomic E-state index is 12.9. The molecule has 0 aromatic rings. The van der Waals surface area contributed by atoms with Crippen molar-refractivity contribution in [2.24, 2.45) is 11.8 Å². The Labute approximate surface area is 174 Å². The number of allylic oxidation sites excluding steroid dienone is 2. The van der Waals surface area contributed by atoms with Crippen LogP contribution in [0.2, 0.25) is 0 Å². The molecule has 2 fully saturated rings. The van der Waals surface area contributed by atoms with Crippen LogP contribution < -0.4 is 0 Å². The van der Waals surface area contributed by atoms with Gasteiger partial charge in [-0.25, -0.2) is 9.59 Å². The van der Waals surface area contributed by atoms with Crippen LogP contribution in [0, 0.1) is 11.8 Å². The van der Waals surface area contributed by atoms with Gasteiger partial charge in [-0.1, -0.05) is 19.6 Å². The van der Waals surface area contributed by atoms with Crippen molar-refractivity contribution in [3.8, 4) is 0 Å². The van der Waals surface area contributed by atoms with E-state index in [1.54, 1.807) is 19.9 Å². The molecular formula is C22H26O8. The lowest BCUT2D eigenvalue weighted by Gasteiger charge is -2.38. The van der Waals surface area contributed by atoms with Crippen LogP contribution in [0.15, 0.2) is 35.6 Å². The van der Waals surface area contributed by atoms with Gasteiger partial charge in [-0.05, 0) is 27.2 Å². The molecule has 3 rings (SSSR count). The lowest BCUT2D eigenvalue weighted by Crippen LogP contribution is -2.57. The van der Waals surface area contributed by atoms with Crippen molar-refractivity contribution in [1.29, 1.82) is 0 Å². The van der Waals surface area contributed by atoms with E-state index >= 15 is 0 Å². The summed E-state index contributed by atoms with van der Waals surface area (Å²) in [5, 5.41) is 0. The highest BCUT2D eigenvalue weighted by molar-refractivity contribution is 6.00. The molecule has 0 spiro atoms. The zero-order valence-corrected chi connectivity index (χ0v) is 17.7. The lowest BCUT2D eigenvalue weighted by atomic mass is 9.78. The minimum atomic E-state index is -1.62. The molecule has 162 valence electrons. The lowest BCUT2D eigenvalue weighted by molar-refractivity contribution is -0.193. The Morgan fingerprint density at radius 1 is 1.27 bits per heavy atom. The van der Waals surface area contributed by atoms with Crippen LogP contribution in [0.5, 0.6) is 0 Å². The molecule has 0 aliphatic carbocycles. The maximum Gasteiger partial charge on any atom is 0.334 e. The number of carbonyl (C=O) groups is 4. The summed E-state index contributed by atoms with van der Waals surface area (Å²) < 4.78 is 22.8. The molecule has 0 N–H and O–H groups in total. The molecule has 6 atom stereocenters. The summed E-state index contributed by atoms with van der Waals surface area (Å²) in [6.45, 7) is 11.6. The number of ketones is 1. The quantitative estimate of drug-likeness (QED) is 0.390. The van der Waals surface area contributed by atoms with Crippen molar-refractivity contribution >= 4 is 23.7 Å². The molecular weight excluding hydrogens is 392 g/mol. The summed E-state index contributed by atoms with van der Waals surface area (Å²) in [4.78, 5) is 49.9. The van der Waals surface area contributed by atoms with E-state index < -0.39 is 53.5 Å². The third-order valence-corrected chi connectivity index (χ3v) is 5.97. The van der Waals surface area contributed by atoms with Gasteiger partial charge in [0, 0.05) is 30.1 Å². The van der Waals surface area contributed by atoms with Crippen molar-refractivity contribution in [2.45, 2.75) is 65.0 Å². The van der Waals surface area contributed by atoms with E-state index in [4.69, 9.17) is 18.9 Å². The van der Waals surface area contributed by atoms with Crippen LogP contribution in [-0.4, -0.2) is 47.6 Å². The molecule has 3 aliphatic heterocycles. The summed E-state index contributed by atoms with van der Waals surface area (Å²) in [6, 6.07) is 0. The fourth-order valence-corrected chi connectivity index (χ4v) is 4.08. The van der Waals surface area contributed by atoms with Crippen LogP contribution in [0.1, 0.15) is 41.0 Å². The number of hydrogen-bond acceptors (Lipinski definition) is 8. The summed E-state index contributed by atoms with van der Waals surface area (Å²) in [5.74, 6) is -3.02. The second-order valence-electron chi connectivity index (χ2n) is 8.12. The molecule has 8 nitrogen and oxygen atoms in total. The predicted octanol–water partition coefficient (Wildman–Crippen LogP) is 2.18. The average Bonchev–Trinajstić information content (AvgIpc) is 3.13. The number of esters is 3. The Hall–Kier alpha value is -2.90. The fraction of sp³-hybridized carbons (Fsp3) is 0.545. The molecule has 0 saturated carbocycles. The number of carbonyl (C=O) groups excluding carboxylic acids is 4. The topological polar surface area (TPSA) is 105 Å². The van der Waals surface area contributed by atoms with Crippen LogP contribution in [0.3, 0.4) is 0 Å². The monoisotopic (exact) mass is 418 g/mol. The van der Waals surface area contributed by atoms with Gasteiger partial charge in [-0.3, -0.25) is 9.59 Å². The Kier molecular flexibility index (Phi) is 5.62. The van der Waals surface area contributed by atoms with Gasteiger partial charge in [-0.2, -0.15) is 0 Å². The molecule has 0 unspecified atom stereocenters. The molecule has 2 bridgehead atoms. The number of ether oxygens (including phenoxy) is 4. The minimum absolute atomic E-state index is 0.100. The Morgan fingerprint density at radius 2 is 1.93 bits per heavy atom. The largest absolute Gasteiger partial charge is 0.479 e. The molecule has 3 heterocycles. The normalized spacial score (nSPS) is 35.9. The number of hydrogen-bond donors (Lipinski definition) is 0. The Bertz CT molecular complexity index is 882. The first-order valence-corrected chi connectivity index (χ1v) is 9.85. The maximum atomic E-state index is 12.9. The van der Waals surface area contributed by atoms with Crippen molar-refractivity contribution < 1.29 is 38.1 Å². The minimum Gasteiger partial charge on any atom is -0.479 e. The standard InChI is InChI=1S/C22H26O8/c1-7-10(2)20(25)29-18-17-12(4)21(26)28-15(17)8-11(3)14-9-16(24)22(6,30-14)19(18)27-13(5)23/h7,9,11,15,17-19H,4,8H2,1-3,5-6H3/t11-,15-,17+,18+,19-,22+/m1/s1. The SMILES string of the molecule is C=C1C(=O)O[C@@H]2C[C@@H](C)C3=CC(=O)[C@](C)(O3)[C@H](OC(C)=O)[C@@H](OC(=O)C(C)=CC)[C@@H]12. The van der Waals surface area contributed by atoms with Crippen LogP contribution in [0.4, 0.5) is 0 Å². The zero-order chi connectivity index (χ0) is 22.4. The first-order chi connectivity index (χ1) is 14.0. The van der Waals surface area contributed by atoms with E-state index in [-0.39, 0.29) is 11.5 Å². The van der Waals surface area contributed by atoms with Crippen LogP contribution >= 0.6 is 0 Å². The van der Waals surface area contributed by atoms with Gasteiger partial charge >= 0.3 is 17.9 Å². The van der Waals surface area contributed by atoms with Crippen LogP contribution in [-0.2, 0) is 38.1 Å². The highest BCUT2D eigenvalue weighted by atomic mass is 16.6. The Morgan fingerprint density at radius 3 is 2.53 bits per heavy atom. The van der Waals surface area contributed by atoms with Gasteiger partial charge < -0.3 is 18.9 Å². The fourth-order valence-electron chi connectivity index (χ4n) is 4.08. The van der Waals surface area contributed by atoms with Gasteiger partial charge in [0.05, 0.1) is 5.92 Å². The average molecular weight is 418 g/mol. The van der Waals surface area contributed by atoms with Crippen LogP contribution in [0.25, 0.3) is 0 Å². The van der Waals surface area contributed by atoms with Gasteiger partial charge in [0.25, 0.3) is 0 Å². The summed E-state index contributed by atoms with van der Waals surface area (Å²) in [5.41, 5.74) is -1.20. The molecule has 8 heteroatoms. The second kappa shape index (κ2) is 7.74. The van der Waals surface area contributed by atoms with Crippen molar-refractivity contribution in [2.75, 3.05) is 0 Å². The van der Waals surface area contributed by atoms with Gasteiger partial charge in [-0.15, -0.1) is 0 Å². The molecule has 0 amide bonds. The van der Waals surface area contributed by atoms with E-state index in [2.05, 4.69) is 6.58 Å². The highest BCUT2D eigenvalue weighted by Gasteiger charge is 2.60. The Balaban J connectivity index is 2.17. The van der Waals surface area contributed by atoms with E-state index in [1.165, 1.54) is 19.9 Å². The smallest absolute Gasteiger partial charge is 0.334 e. The molecule has 30 heavy (non-hydrogen) atoms. The zero-order valence-electron chi connectivity index (χ0n) is 17.7. The van der Waals surface area contributed by atoms with Crippen molar-refractivity contribution in [3.05, 3.63) is 35.6 Å². The molecule has 3 aliphatic rings. The van der Waals surface area contributed by atoms with Gasteiger partial charge in [0.15, 0.2) is 12.2 Å². The number of rotatable bonds is 3.